The minimum absolute atomic E-state index is 0.118. The number of rotatable bonds is 4. The molecular formula is C6H16N2O. The molecule has 0 heterocycles. The summed E-state index contributed by atoms with van der Waals surface area (Å²) in [6, 6.07) is 0. The molecule has 0 aliphatic rings. The van der Waals surface area contributed by atoms with Crippen molar-refractivity contribution in [3.05, 3.63) is 0 Å². The Balaban J connectivity index is 3.22. The molecule has 0 rings (SSSR count). The molecule has 0 aromatic rings. The van der Waals surface area contributed by atoms with Crippen LogP contribution in [0.2, 0.25) is 0 Å². The second-order valence-electron chi connectivity index (χ2n) is 2.00. The summed E-state index contributed by atoms with van der Waals surface area (Å²) < 4.78 is 5.33. The first-order valence-corrected chi connectivity index (χ1v) is 3.20. The molecule has 0 amide bonds. The maximum absolute atomic E-state index is 5.33. The van der Waals surface area contributed by atoms with Crippen LogP contribution in [-0.4, -0.2) is 26.6 Å². The van der Waals surface area contributed by atoms with Crippen molar-refractivity contribution in [2.45, 2.75) is 26.3 Å². The second-order valence-corrected chi connectivity index (χ2v) is 2.00. The van der Waals surface area contributed by atoms with Gasteiger partial charge in [-0.15, -0.1) is 0 Å². The van der Waals surface area contributed by atoms with Gasteiger partial charge in [-0.3, -0.25) is 10.6 Å². The first-order chi connectivity index (χ1) is 4.20. The van der Waals surface area contributed by atoms with Crippen LogP contribution < -0.4 is 10.6 Å². The predicted molar refractivity (Wildman–Crippen MR) is 38.1 cm³/mol. The maximum atomic E-state index is 5.33. The Labute approximate surface area is 56.8 Å². The van der Waals surface area contributed by atoms with E-state index in [1.54, 1.807) is 0 Å². The molecule has 0 aromatic heterocycles. The predicted octanol–water partition coefficient (Wildman–Crippen LogP) is 0.134. The van der Waals surface area contributed by atoms with Gasteiger partial charge in [-0.05, 0) is 27.9 Å². The van der Waals surface area contributed by atoms with E-state index in [0.717, 1.165) is 0 Å². The van der Waals surface area contributed by atoms with E-state index in [0.29, 0.717) is 0 Å². The van der Waals surface area contributed by atoms with Gasteiger partial charge < -0.3 is 4.74 Å². The minimum atomic E-state index is 0.118. The maximum Gasteiger partial charge on any atom is 0.107 e. The third-order valence-corrected chi connectivity index (χ3v) is 1.22. The largest absolute Gasteiger partial charge is 0.346 e. The van der Waals surface area contributed by atoms with Gasteiger partial charge in [0.15, 0.2) is 0 Å². The van der Waals surface area contributed by atoms with E-state index in [9.17, 15) is 0 Å². The van der Waals surface area contributed by atoms with Gasteiger partial charge in [-0.1, -0.05) is 0 Å². The van der Waals surface area contributed by atoms with E-state index < -0.39 is 0 Å². The van der Waals surface area contributed by atoms with Gasteiger partial charge in [0.05, 0.1) is 0 Å². The molecule has 0 radical (unpaired) electrons. The average Bonchev–Trinajstić information content (AvgIpc) is 1.87. The van der Waals surface area contributed by atoms with E-state index in [1.165, 1.54) is 0 Å². The van der Waals surface area contributed by atoms with E-state index in [-0.39, 0.29) is 12.5 Å². The van der Waals surface area contributed by atoms with E-state index in [4.69, 9.17) is 4.74 Å². The number of ether oxygens (including phenoxy) is 1. The molecule has 0 saturated carbocycles. The lowest BCUT2D eigenvalue weighted by molar-refractivity contribution is -0.0192. The lowest BCUT2D eigenvalue weighted by Gasteiger charge is -2.17. The fraction of sp³-hybridized carbons (Fsp3) is 1.00. The Bertz CT molecular complexity index is 60.1. The fourth-order valence-electron chi connectivity index (χ4n) is 0.442. The molecule has 0 aliphatic heterocycles. The highest BCUT2D eigenvalue weighted by molar-refractivity contribution is 4.45. The highest BCUT2D eigenvalue weighted by atomic mass is 16.5. The standard InChI is InChI=1S/C6H16N2O/c1-5(7-3)9-6(2)8-4/h5-8H,1-4H3. The summed E-state index contributed by atoms with van der Waals surface area (Å²) in [5.41, 5.74) is 0. The molecular weight excluding hydrogens is 116 g/mol. The molecule has 0 aliphatic carbocycles. The Morgan fingerprint density at radius 3 is 1.56 bits per heavy atom. The highest BCUT2D eigenvalue weighted by Gasteiger charge is 2.01. The average molecular weight is 132 g/mol. The number of hydrogen-bond donors (Lipinski definition) is 2. The lowest BCUT2D eigenvalue weighted by atomic mass is 10.6. The van der Waals surface area contributed by atoms with Crippen LogP contribution in [0, 0.1) is 0 Å². The van der Waals surface area contributed by atoms with Crippen LogP contribution in [0.3, 0.4) is 0 Å². The molecule has 2 unspecified atom stereocenters. The molecule has 9 heavy (non-hydrogen) atoms. The van der Waals surface area contributed by atoms with Crippen molar-refractivity contribution in [3.8, 4) is 0 Å². The first kappa shape index (κ1) is 8.88. The van der Waals surface area contributed by atoms with Crippen LogP contribution in [0.5, 0.6) is 0 Å². The summed E-state index contributed by atoms with van der Waals surface area (Å²) in [7, 11) is 3.74. The highest BCUT2D eigenvalue weighted by Crippen LogP contribution is 1.88. The SMILES string of the molecule is CNC(C)OC(C)NC. The van der Waals surface area contributed by atoms with E-state index in [1.807, 2.05) is 27.9 Å². The van der Waals surface area contributed by atoms with Crippen LogP contribution in [0.25, 0.3) is 0 Å². The summed E-state index contributed by atoms with van der Waals surface area (Å²) in [4.78, 5) is 0. The van der Waals surface area contributed by atoms with Crippen LogP contribution >= 0.6 is 0 Å². The zero-order valence-electron chi connectivity index (χ0n) is 6.56. The molecule has 3 nitrogen and oxygen atoms in total. The molecule has 2 atom stereocenters. The number of hydrogen-bond acceptors (Lipinski definition) is 3. The second kappa shape index (κ2) is 4.73. The summed E-state index contributed by atoms with van der Waals surface area (Å²) in [6.45, 7) is 3.93. The van der Waals surface area contributed by atoms with E-state index in [2.05, 4.69) is 10.6 Å². The molecule has 0 bridgehead atoms. The smallest absolute Gasteiger partial charge is 0.107 e. The van der Waals surface area contributed by atoms with Gasteiger partial charge in [0.1, 0.15) is 12.5 Å². The Morgan fingerprint density at radius 1 is 1.00 bits per heavy atom. The van der Waals surface area contributed by atoms with Crippen LogP contribution in [-0.2, 0) is 4.74 Å². The van der Waals surface area contributed by atoms with E-state index >= 15 is 0 Å². The quantitative estimate of drug-likeness (QED) is 0.534. The van der Waals surface area contributed by atoms with Gasteiger partial charge in [-0.2, -0.15) is 0 Å². The van der Waals surface area contributed by atoms with Crippen molar-refractivity contribution in [3.63, 3.8) is 0 Å². The monoisotopic (exact) mass is 132 g/mol. The van der Waals surface area contributed by atoms with Crippen LogP contribution in [0.15, 0.2) is 0 Å². The summed E-state index contributed by atoms with van der Waals surface area (Å²) >= 11 is 0. The lowest BCUT2D eigenvalue weighted by Crippen LogP contribution is -2.34. The molecule has 0 aromatic carbocycles. The zero-order valence-corrected chi connectivity index (χ0v) is 6.56. The zero-order chi connectivity index (χ0) is 7.28. The Morgan fingerprint density at radius 2 is 1.33 bits per heavy atom. The van der Waals surface area contributed by atoms with Gasteiger partial charge in [-0.25, -0.2) is 0 Å². The summed E-state index contributed by atoms with van der Waals surface area (Å²) in [6.07, 6.45) is 0.236. The van der Waals surface area contributed by atoms with Gasteiger partial charge in [0.2, 0.25) is 0 Å². The summed E-state index contributed by atoms with van der Waals surface area (Å²) in [5, 5.41) is 5.94. The van der Waals surface area contributed by atoms with Crippen molar-refractivity contribution in [1.29, 1.82) is 0 Å². The van der Waals surface area contributed by atoms with Crippen molar-refractivity contribution >= 4 is 0 Å². The van der Waals surface area contributed by atoms with Crippen molar-refractivity contribution in [1.82, 2.24) is 10.6 Å². The van der Waals surface area contributed by atoms with Crippen LogP contribution in [0.4, 0.5) is 0 Å². The van der Waals surface area contributed by atoms with Crippen molar-refractivity contribution < 1.29 is 4.74 Å². The molecule has 56 valence electrons. The molecule has 3 heteroatoms. The summed E-state index contributed by atoms with van der Waals surface area (Å²) in [5.74, 6) is 0. The van der Waals surface area contributed by atoms with Gasteiger partial charge >= 0.3 is 0 Å². The molecule has 0 spiro atoms. The normalized spacial score (nSPS) is 17.3. The molecule has 0 fully saturated rings. The third-order valence-electron chi connectivity index (χ3n) is 1.22. The van der Waals surface area contributed by atoms with Crippen molar-refractivity contribution in [2.24, 2.45) is 0 Å². The first-order valence-electron chi connectivity index (χ1n) is 3.20. The molecule has 2 N–H and O–H groups in total. The molecule has 0 saturated heterocycles. The number of nitrogens with one attached hydrogen (secondary N) is 2. The van der Waals surface area contributed by atoms with Gasteiger partial charge in [0, 0.05) is 0 Å². The Hall–Kier alpha value is -0.120. The van der Waals surface area contributed by atoms with Crippen molar-refractivity contribution in [2.75, 3.05) is 14.1 Å². The van der Waals surface area contributed by atoms with Crippen LogP contribution in [0.1, 0.15) is 13.8 Å². The fourth-order valence-corrected chi connectivity index (χ4v) is 0.442. The minimum Gasteiger partial charge on any atom is -0.346 e. The Kier molecular flexibility index (Phi) is 4.67. The van der Waals surface area contributed by atoms with Gasteiger partial charge in [0.25, 0.3) is 0 Å². The third kappa shape index (κ3) is 4.39. The topological polar surface area (TPSA) is 33.3 Å².